The van der Waals surface area contributed by atoms with Gasteiger partial charge in [0.2, 0.25) is 5.69 Å². The molecular weight excluding hydrogens is 448 g/mol. The lowest BCUT2D eigenvalue weighted by Crippen LogP contribution is -2.31. The Morgan fingerprint density at radius 2 is 1.27 bits per heavy atom. The molecule has 0 amide bonds. The number of aromatic nitrogens is 2. The summed E-state index contributed by atoms with van der Waals surface area (Å²) in [5, 5.41) is 0. The van der Waals surface area contributed by atoms with E-state index < -0.39 is 0 Å². The largest absolute Gasteiger partial charge is 0.256 e. The van der Waals surface area contributed by atoms with Crippen LogP contribution in [0, 0.1) is 0 Å². The third-order valence-electron chi connectivity index (χ3n) is 6.15. The molecule has 0 bridgehead atoms. The van der Waals surface area contributed by atoms with Crippen molar-refractivity contribution in [3.8, 4) is 33.6 Å². The van der Waals surface area contributed by atoms with Gasteiger partial charge >= 0.3 is 0 Å². The molecule has 184 valence electrons. The van der Waals surface area contributed by atoms with Crippen molar-refractivity contribution in [2.45, 2.75) is 33.2 Å². The van der Waals surface area contributed by atoms with Crippen LogP contribution >= 0.6 is 0 Å². The van der Waals surface area contributed by atoms with Gasteiger partial charge in [0.05, 0.1) is 11.3 Å². The Bertz CT molecular complexity index is 1350. The Kier molecular flexibility index (Phi) is 9.55. The van der Waals surface area contributed by atoms with Gasteiger partial charge in [0.15, 0.2) is 12.7 Å². The Labute approximate surface area is 221 Å². The molecule has 3 aromatic carbocycles. The second-order valence-corrected chi connectivity index (χ2v) is 8.82. The van der Waals surface area contributed by atoms with E-state index >= 15 is 0 Å². The molecule has 3 heterocycles. The molecule has 0 atom stereocenters. The minimum Gasteiger partial charge on any atom is -0.256 e. The molecule has 0 aliphatic carbocycles. The average Bonchev–Trinajstić information content (AvgIpc) is 3.36. The van der Waals surface area contributed by atoms with E-state index in [4.69, 9.17) is 0 Å². The lowest BCUT2D eigenvalue weighted by atomic mass is 10.0. The van der Waals surface area contributed by atoms with E-state index in [9.17, 15) is 0 Å². The predicted molar refractivity (Wildman–Crippen MR) is 156 cm³/mol. The molecule has 0 N–H and O–H groups in total. The standard InChI is InChI=1S/C18H14N.C11H9N.C6H12/c1-2-6-14(7-3-1)15-10-11-19-13-16-8-4-5-9-17(16)18(19)12-15;1-2-6-10(7-3-1)11-8-4-5-9-12-11;1-3-5-6-4-2/h1-12H,13H2;1-9H;5-6H,3-4H2,1-2H3/q+1;;. The maximum atomic E-state index is 4.25. The third kappa shape index (κ3) is 7.11. The normalized spacial score (nSPS) is 11.0. The van der Waals surface area contributed by atoms with Crippen molar-refractivity contribution < 1.29 is 4.57 Å². The van der Waals surface area contributed by atoms with Gasteiger partial charge < -0.3 is 0 Å². The Hall–Kier alpha value is -4.30. The van der Waals surface area contributed by atoms with Gasteiger partial charge in [0.1, 0.15) is 0 Å². The number of fused-ring (bicyclic) bond motifs is 3. The molecule has 1 aliphatic heterocycles. The number of rotatable bonds is 4. The second kappa shape index (κ2) is 13.7. The fourth-order valence-electron chi connectivity index (χ4n) is 4.28. The van der Waals surface area contributed by atoms with E-state index in [1.54, 1.807) is 0 Å². The zero-order chi connectivity index (χ0) is 25.7. The minimum atomic E-state index is 0.987. The fourth-order valence-corrected chi connectivity index (χ4v) is 4.28. The minimum absolute atomic E-state index is 0.987. The number of allylic oxidation sites excluding steroid dienone is 2. The molecule has 1 aliphatic rings. The van der Waals surface area contributed by atoms with Crippen molar-refractivity contribution in [3.05, 3.63) is 145 Å². The molecule has 0 saturated heterocycles. The highest BCUT2D eigenvalue weighted by Crippen LogP contribution is 2.29. The first-order valence-corrected chi connectivity index (χ1v) is 13.1. The van der Waals surface area contributed by atoms with Crippen LogP contribution in [0.25, 0.3) is 33.6 Å². The van der Waals surface area contributed by atoms with Crippen LogP contribution in [-0.4, -0.2) is 4.98 Å². The van der Waals surface area contributed by atoms with Crippen LogP contribution in [-0.2, 0) is 6.54 Å². The van der Waals surface area contributed by atoms with Crippen molar-refractivity contribution in [2.24, 2.45) is 0 Å². The number of pyridine rings is 2. The van der Waals surface area contributed by atoms with Crippen LogP contribution in [0.5, 0.6) is 0 Å². The van der Waals surface area contributed by atoms with Crippen LogP contribution in [0.4, 0.5) is 0 Å². The maximum absolute atomic E-state index is 4.25. The molecule has 0 fully saturated rings. The van der Waals surface area contributed by atoms with Gasteiger partial charge in [-0.25, -0.2) is 0 Å². The van der Waals surface area contributed by atoms with Crippen molar-refractivity contribution in [1.29, 1.82) is 0 Å². The van der Waals surface area contributed by atoms with Crippen LogP contribution in [0.15, 0.2) is 140 Å². The van der Waals surface area contributed by atoms with E-state index in [0.29, 0.717) is 0 Å². The van der Waals surface area contributed by atoms with Gasteiger partial charge in [0.25, 0.3) is 0 Å². The SMILES string of the molecule is CCC=CCC.c1ccc(-c2cc[n+]3c(c2)-c2ccccc2C3)cc1.c1ccc(-c2ccccn2)cc1. The summed E-state index contributed by atoms with van der Waals surface area (Å²) in [6.07, 6.45) is 10.7. The van der Waals surface area contributed by atoms with E-state index in [1.807, 2.05) is 42.6 Å². The lowest BCUT2D eigenvalue weighted by Gasteiger charge is -2.01. The van der Waals surface area contributed by atoms with Gasteiger partial charge in [0, 0.05) is 29.5 Å². The molecule has 0 radical (unpaired) electrons. The Morgan fingerprint density at radius 1 is 0.649 bits per heavy atom. The monoisotopic (exact) mass is 483 g/mol. The highest BCUT2D eigenvalue weighted by atomic mass is 15.0. The summed E-state index contributed by atoms with van der Waals surface area (Å²) in [5.74, 6) is 0. The highest BCUT2D eigenvalue weighted by molar-refractivity contribution is 5.71. The Balaban J connectivity index is 0.000000152. The van der Waals surface area contributed by atoms with Crippen molar-refractivity contribution >= 4 is 0 Å². The zero-order valence-electron chi connectivity index (χ0n) is 21.8. The quantitative estimate of drug-likeness (QED) is 0.181. The molecule has 2 nitrogen and oxygen atoms in total. The first-order valence-electron chi connectivity index (χ1n) is 13.1. The molecule has 6 rings (SSSR count). The number of hydrogen-bond donors (Lipinski definition) is 0. The molecule has 2 heteroatoms. The van der Waals surface area contributed by atoms with Gasteiger partial charge in [-0.1, -0.05) is 111 Å². The zero-order valence-corrected chi connectivity index (χ0v) is 21.8. The summed E-state index contributed by atoms with van der Waals surface area (Å²) in [4.78, 5) is 4.25. The summed E-state index contributed by atoms with van der Waals surface area (Å²) in [6.45, 7) is 5.28. The topological polar surface area (TPSA) is 16.8 Å². The summed E-state index contributed by atoms with van der Waals surface area (Å²) in [6, 6.07) is 39.8. The van der Waals surface area contributed by atoms with Crippen LogP contribution < -0.4 is 4.57 Å². The average molecular weight is 484 g/mol. The first kappa shape index (κ1) is 25.8. The Morgan fingerprint density at radius 3 is 1.92 bits per heavy atom. The van der Waals surface area contributed by atoms with Crippen LogP contribution in [0.1, 0.15) is 32.3 Å². The number of hydrogen-bond acceptors (Lipinski definition) is 1. The second-order valence-electron chi connectivity index (χ2n) is 8.82. The smallest absolute Gasteiger partial charge is 0.213 e. The van der Waals surface area contributed by atoms with E-state index in [2.05, 4.69) is 121 Å². The lowest BCUT2D eigenvalue weighted by molar-refractivity contribution is -0.672. The summed E-state index contributed by atoms with van der Waals surface area (Å²) in [5.41, 5.74) is 8.83. The molecule has 0 spiro atoms. The molecule has 2 aromatic heterocycles. The molecule has 0 saturated carbocycles. The number of benzene rings is 3. The van der Waals surface area contributed by atoms with Crippen molar-refractivity contribution in [2.75, 3.05) is 0 Å². The van der Waals surface area contributed by atoms with E-state index in [1.165, 1.54) is 40.8 Å². The van der Waals surface area contributed by atoms with Gasteiger partial charge in [-0.3, -0.25) is 4.98 Å². The van der Waals surface area contributed by atoms with Gasteiger partial charge in [-0.15, -0.1) is 0 Å². The predicted octanol–water partition coefficient (Wildman–Crippen LogP) is 8.78. The van der Waals surface area contributed by atoms with Crippen LogP contribution in [0.3, 0.4) is 0 Å². The molecular formula is C35H35N2+. The highest BCUT2D eigenvalue weighted by Gasteiger charge is 2.25. The van der Waals surface area contributed by atoms with Crippen LogP contribution in [0.2, 0.25) is 0 Å². The van der Waals surface area contributed by atoms with Crippen molar-refractivity contribution in [1.82, 2.24) is 4.98 Å². The van der Waals surface area contributed by atoms with Gasteiger partial charge in [-0.05, 0) is 42.2 Å². The van der Waals surface area contributed by atoms with E-state index in [0.717, 1.165) is 17.8 Å². The molecule has 5 aromatic rings. The fraction of sp³-hybridized carbons (Fsp3) is 0.143. The molecule has 37 heavy (non-hydrogen) atoms. The first-order chi connectivity index (χ1) is 18.3. The summed E-state index contributed by atoms with van der Waals surface area (Å²) in [7, 11) is 0. The van der Waals surface area contributed by atoms with Crippen molar-refractivity contribution in [3.63, 3.8) is 0 Å². The van der Waals surface area contributed by atoms with E-state index in [-0.39, 0.29) is 0 Å². The number of nitrogens with zero attached hydrogens (tertiary/aromatic N) is 2. The van der Waals surface area contributed by atoms with Gasteiger partial charge in [-0.2, -0.15) is 4.57 Å². The summed E-state index contributed by atoms with van der Waals surface area (Å²) < 4.78 is 2.32. The maximum Gasteiger partial charge on any atom is 0.213 e. The molecule has 0 unspecified atom stereocenters. The third-order valence-corrected chi connectivity index (χ3v) is 6.15. The summed E-state index contributed by atoms with van der Waals surface area (Å²) >= 11 is 0.